The second-order valence-corrected chi connectivity index (χ2v) is 5.50. The molecule has 0 aromatic rings. The molecule has 1 fully saturated rings. The maximum atomic E-state index is 12.1. The molecule has 0 bridgehead atoms. The highest BCUT2D eigenvalue weighted by Gasteiger charge is 2.32. The smallest absolute Gasteiger partial charge is 0.327 e. The van der Waals surface area contributed by atoms with E-state index in [9.17, 15) is 13.2 Å². The first-order chi connectivity index (χ1) is 7.28. The van der Waals surface area contributed by atoms with Crippen molar-refractivity contribution in [2.45, 2.75) is 58.2 Å². The van der Waals surface area contributed by atoms with E-state index in [1.807, 2.05) is 0 Å². The van der Waals surface area contributed by atoms with Gasteiger partial charge in [0.05, 0.1) is 0 Å². The lowest BCUT2D eigenvalue weighted by Gasteiger charge is -2.35. The minimum Gasteiger partial charge on any atom is -0.327 e. The fourth-order valence-corrected chi connectivity index (χ4v) is 2.92. The summed E-state index contributed by atoms with van der Waals surface area (Å²) in [7, 11) is 0. The van der Waals surface area contributed by atoms with Crippen molar-refractivity contribution in [3.63, 3.8) is 0 Å². The lowest BCUT2D eigenvalue weighted by atomic mass is 9.73. The van der Waals surface area contributed by atoms with E-state index >= 15 is 0 Å². The van der Waals surface area contributed by atoms with Gasteiger partial charge in [0.15, 0.2) is 0 Å². The fourth-order valence-electron chi connectivity index (χ4n) is 2.92. The molecule has 0 heterocycles. The Morgan fingerprint density at radius 2 is 1.62 bits per heavy atom. The molecule has 1 aliphatic rings. The van der Waals surface area contributed by atoms with Gasteiger partial charge in [0, 0.05) is 12.5 Å². The Bertz CT molecular complexity index is 205. The molecule has 0 spiro atoms. The van der Waals surface area contributed by atoms with E-state index in [2.05, 4.69) is 13.8 Å². The summed E-state index contributed by atoms with van der Waals surface area (Å²) in [5.74, 6) is 1.48. The lowest BCUT2D eigenvalue weighted by molar-refractivity contribution is -0.137. The molecule has 4 heteroatoms. The first-order valence-corrected chi connectivity index (χ1v) is 6.10. The number of rotatable bonds is 3. The third-order valence-electron chi connectivity index (χ3n) is 3.58. The third kappa shape index (κ3) is 4.73. The molecule has 1 rings (SSSR count). The molecule has 3 atom stereocenters. The van der Waals surface area contributed by atoms with Gasteiger partial charge >= 0.3 is 6.18 Å². The highest BCUT2D eigenvalue weighted by molar-refractivity contribution is 4.82. The van der Waals surface area contributed by atoms with E-state index in [1.54, 1.807) is 0 Å². The normalized spacial score (nSPS) is 33.8. The predicted octanol–water partition coefficient (Wildman–Crippen LogP) is 3.73. The largest absolute Gasteiger partial charge is 0.389 e. The van der Waals surface area contributed by atoms with Gasteiger partial charge in [-0.25, -0.2) is 0 Å². The summed E-state index contributed by atoms with van der Waals surface area (Å²) >= 11 is 0. The van der Waals surface area contributed by atoms with Crippen LogP contribution in [-0.2, 0) is 0 Å². The Balaban J connectivity index is 2.38. The van der Waals surface area contributed by atoms with Crippen molar-refractivity contribution < 1.29 is 13.2 Å². The van der Waals surface area contributed by atoms with Crippen molar-refractivity contribution in [2.24, 2.45) is 23.5 Å². The van der Waals surface area contributed by atoms with Gasteiger partial charge in [-0.1, -0.05) is 13.8 Å². The number of hydrogen-bond donors (Lipinski definition) is 1. The topological polar surface area (TPSA) is 26.0 Å². The first kappa shape index (κ1) is 13.8. The van der Waals surface area contributed by atoms with Crippen LogP contribution < -0.4 is 5.73 Å². The van der Waals surface area contributed by atoms with Crippen molar-refractivity contribution in [1.29, 1.82) is 0 Å². The Hall–Kier alpha value is -0.250. The maximum Gasteiger partial charge on any atom is 0.389 e. The van der Waals surface area contributed by atoms with Crippen LogP contribution in [-0.4, -0.2) is 12.2 Å². The van der Waals surface area contributed by atoms with Crippen LogP contribution in [0.4, 0.5) is 13.2 Å². The zero-order valence-corrected chi connectivity index (χ0v) is 10.1. The summed E-state index contributed by atoms with van der Waals surface area (Å²) in [5, 5.41) is 0. The molecule has 0 radical (unpaired) electrons. The highest BCUT2D eigenvalue weighted by Crippen LogP contribution is 2.36. The lowest BCUT2D eigenvalue weighted by Crippen LogP contribution is -2.36. The van der Waals surface area contributed by atoms with Crippen LogP contribution in [0.3, 0.4) is 0 Å². The average molecular weight is 237 g/mol. The van der Waals surface area contributed by atoms with E-state index in [1.165, 1.54) is 6.42 Å². The van der Waals surface area contributed by atoms with Crippen molar-refractivity contribution in [3.8, 4) is 0 Å². The number of halogens is 3. The fraction of sp³-hybridized carbons (Fsp3) is 1.00. The summed E-state index contributed by atoms with van der Waals surface area (Å²) in [6.45, 7) is 4.33. The zero-order chi connectivity index (χ0) is 12.3. The van der Waals surface area contributed by atoms with Crippen molar-refractivity contribution in [3.05, 3.63) is 0 Å². The van der Waals surface area contributed by atoms with E-state index in [4.69, 9.17) is 5.73 Å². The SMILES string of the molecule is CC1CC(C)CC(C(N)CCC(F)(F)F)C1. The van der Waals surface area contributed by atoms with Gasteiger partial charge in [-0.3, -0.25) is 0 Å². The van der Waals surface area contributed by atoms with Gasteiger partial charge in [0.25, 0.3) is 0 Å². The van der Waals surface area contributed by atoms with Crippen LogP contribution in [0.15, 0.2) is 0 Å². The molecule has 0 aromatic heterocycles. The van der Waals surface area contributed by atoms with Gasteiger partial charge in [-0.2, -0.15) is 13.2 Å². The van der Waals surface area contributed by atoms with Gasteiger partial charge in [-0.05, 0) is 43.4 Å². The quantitative estimate of drug-likeness (QED) is 0.795. The minimum atomic E-state index is -4.07. The number of hydrogen-bond acceptors (Lipinski definition) is 1. The van der Waals surface area contributed by atoms with Gasteiger partial charge in [-0.15, -0.1) is 0 Å². The second-order valence-electron chi connectivity index (χ2n) is 5.50. The second kappa shape index (κ2) is 5.39. The average Bonchev–Trinajstić information content (AvgIpc) is 2.11. The number of alkyl halides is 3. The maximum absolute atomic E-state index is 12.1. The summed E-state index contributed by atoms with van der Waals surface area (Å²) in [6, 6.07) is -0.285. The molecule has 0 saturated heterocycles. The molecule has 1 saturated carbocycles. The van der Waals surface area contributed by atoms with Crippen LogP contribution >= 0.6 is 0 Å². The molecule has 3 unspecified atom stereocenters. The molecule has 0 aromatic carbocycles. The standard InChI is InChI=1S/C12H22F3N/c1-8-5-9(2)7-10(6-8)11(16)3-4-12(13,14)15/h8-11H,3-7,16H2,1-2H3. The van der Waals surface area contributed by atoms with E-state index in [0.717, 1.165) is 12.8 Å². The molecular formula is C12H22F3N. The monoisotopic (exact) mass is 237 g/mol. The molecule has 1 aliphatic carbocycles. The van der Waals surface area contributed by atoms with Gasteiger partial charge < -0.3 is 5.73 Å². The van der Waals surface area contributed by atoms with E-state index in [0.29, 0.717) is 11.8 Å². The van der Waals surface area contributed by atoms with Crippen LogP contribution in [0.25, 0.3) is 0 Å². The molecule has 0 amide bonds. The van der Waals surface area contributed by atoms with Crippen molar-refractivity contribution >= 4 is 0 Å². The molecule has 96 valence electrons. The summed E-state index contributed by atoms with van der Waals surface area (Å²) in [6.07, 6.45) is -1.57. The van der Waals surface area contributed by atoms with Crippen LogP contribution in [0, 0.1) is 17.8 Å². The van der Waals surface area contributed by atoms with Gasteiger partial charge in [0.1, 0.15) is 0 Å². The van der Waals surface area contributed by atoms with Crippen LogP contribution in [0.1, 0.15) is 46.0 Å². The Kier molecular flexibility index (Phi) is 4.65. The van der Waals surface area contributed by atoms with Crippen molar-refractivity contribution in [2.75, 3.05) is 0 Å². The summed E-state index contributed by atoms with van der Waals surface area (Å²) in [4.78, 5) is 0. The molecule has 16 heavy (non-hydrogen) atoms. The predicted molar refractivity (Wildman–Crippen MR) is 58.9 cm³/mol. The Labute approximate surface area is 95.6 Å². The van der Waals surface area contributed by atoms with E-state index in [-0.39, 0.29) is 18.4 Å². The third-order valence-corrected chi connectivity index (χ3v) is 3.58. The first-order valence-electron chi connectivity index (χ1n) is 6.10. The molecular weight excluding hydrogens is 215 g/mol. The number of nitrogens with two attached hydrogens (primary N) is 1. The summed E-state index contributed by atoms with van der Waals surface area (Å²) < 4.78 is 36.2. The molecule has 0 aliphatic heterocycles. The van der Waals surface area contributed by atoms with Crippen molar-refractivity contribution in [1.82, 2.24) is 0 Å². The Morgan fingerprint density at radius 3 is 2.06 bits per heavy atom. The molecule has 1 nitrogen and oxygen atoms in total. The minimum absolute atomic E-state index is 0.0770. The van der Waals surface area contributed by atoms with Crippen LogP contribution in [0.2, 0.25) is 0 Å². The zero-order valence-electron chi connectivity index (χ0n) is 10.1. The van der Waals surface area contributed by atoms with E-state index < -0.39 is 12.6 Å². The van der Waals surface area contributed by atoms with Gasteiger partial charge in [0.2, 0.25) is 0 Å². The molecule has 2 N–H and O–H groups in total. The van der Waals surface area contributed by atoms with Crippen LogP contribution in [0.5, 0.6) is 0 Å². The summed E-state index contributed by atoms with van der Waals surface area (Å²) in [5.41, 5.74) is 5.88. The highest BCUT2D eigenvalue weighted by atomic mass is 19.4. The Morgan fingerprint density at radius 1 is 1.12 bits per heavy atom.